The van der Waals surface area contributed by atoms with Crippen LogP contribution in [0.2, 0.25) is 0 Å². The van der Waals surface area contributed by atoms with Gasteiger partial charge in [-0.2, -0.15) is 5.26 Å². The number of nitrogens with zero attached hydrogens (tertiary/aromatic N) is 2. The summed E-state index contributed by atoms with van der Waals surface area (Å²) in [7, 11) is -4.03. The Bertz CT molecular complexity index is 1310. The fourth-order valence-corrected chi connectivity index (χ4v) is 6.10. The first-order chi connectivity index (χ1) is 16.7. The number of carbonyl (C=O) groups is 1. The zero-order valence-corrected chi connectivity index (χ0v) is 21.0. The summed E-state index contributed by atoms with van der Waals surface area (Å²) in [6.07, 6.45) is 4.53. The molecule has 1 fully saturated rings. The van der Waals surface area contributed by atoms with Crippen molar-refractivity contribution in [1.29, 1.82) is 5.26 Å². The van der Waals surface area contributed by atoms with Crippen LogP contribution in [0.4, 0.5) is 0 Å². The average Bonchev–Trinajstić information content (AvgIpc) is 2.84. The van der Waals surface area contributed by atoms with Crippen molar-refractivity contribution in [3.05, 3.63) is 82.6 Å². The van der Waals surface area contributed by atoms with Gasteiger partial charge in [-0.15, -0.1) is 11.6 Å². The molecule has 1 N–H and O–H groups in total. The molecule has 4 rings (SSSR count). The van der Waals surface area contributed by atoms with Gasteiger partial charge in [0, 0.05) is 36.1 Å². The quantitative estimate of drug-likeness (QED) is 0.551. The lowest BCUT2D eigenvalue weighted by molar-refractivity contribution is 0.0711. The smallest absolute Gasteiger partial charge is 0.253 e. The van der Waals surface area contributed by atoms with Crippen LogP contribution in [0, 0.1) is 11.3 Å². The first kappa shape index (κ1) is 25.3. The number of benzene rings is 2. The number of likely N-dealkylation sites (tertiary alicyclic amines) is 1. The lowest BCUT2D eigenvalue weighted by atomic mass is 10.0. The number of sulfonamides is 1. The third kappa shape index (κ3) is 6.24. The number of amides is 1. The Kier molecular flexibility index (Phi) is 7.82. The summed E-state index contributed by atoms with van der Waals surface area (Å²) in [5.41, 5.74) is 0.791. The van der Waals surface area contributed by atoms with Crippen molar-refractivity contribution >= 4 is 39.1 Å². The van der Waals surface area contributed by atoms with Crippen LogP contribution in [0.15, 0.2) is 76.4 Å². The van der Waals surface area contributed by atoms with E-state index < -0.39 is 10.0 Å². The van der Waals surface area contributed by atoms with Gasteiger partial charge in [-0.1, -0.05) is 29.8 Å². The minimum Gasteiger partial charge on any atom is -0.460 e. The lowest BCUT2D eigenvalue weighted by Gasteiger charge is -2.32. The molecule has 0 radical (unpaired) electrons. The molecule has 1 amide bonds. The Morgan fingerprint density at radius 2 is 1.86 bits per heavy atom. The van der Waals surface area contributed by atoms with Crippen LogP contribution in [0.1, 0.15) is 35.2 Å². The fraction of sp³-hybridized carbons (Fsp3) is 0.280. The van der Waals surface area contributed by atoms with Gasteiger partial charge in [0.25, 0.3) is 5.91 Å². The number of nitrogens with one attached hydrogen (secondary N) is 1. The molecule has 7 nitrogen and oxygen atoms in total. The lowest BCUT2D eigenvalue weighted by Crippen LogP contribution is -2.46. The Balaban J connectivity index is 1.48. The zero-order chi connectivity index (χ0) is 25.0. The third-order valence-corrected chi connectivity index (χ3v) is 7.82. The molecule has 1 aliphatic carbocycles. The second-order valence-electron chi connectivity index (χ2n) is 8.31. The number of ether oxygens (including phenoxy) is 1. The number of allylic oxidation sites excluding steroid dienone is 4. The van der Waals surface area contributed by atoms with Gasteiger partial charge in [-0.3, -0.25) is 4.79 Å². The minimum absolute atomic E-state index is 0.0737. The summed E-state index contributed by atoms with van der Waals surface area (Å²) >= 11 is 12.2. The first-order valence-corrected chi connectivity index (χ1v) is 13.4. The molecule has 1 heterocycles. The molecule has 1 aliphatic heterocycles. The molecule has 0 spiro atoms. The number of hydrogen-bond donors (Lipinski definition) is 1. The largest absolute Gasteiger partial charge is 0.460 e. The molecule has 2 aliphatic rings. The van der Waals surface area contributed by atoms with Gasteiger partial charge in [0.1, 0.15) is 16.4 Å². The third-order valence-electron chi connectivity index (χ3n) is 5.76. The standard InChI is InChI=1S/C25H23Cl2N3O4S/c26-19-13-20(27)15-22(14-19)34-23-7-6-17(16-28)12-24(23)35(32,33)29-21-8-10-30(11-9-21)25(31)18-4-2-1-3-5-18/h1-7,12-14,20-21,29H,8-11,15H2. The highest BCUT2D eigenvalue weighted by molar-refractivity contribution is 7.89. The van der Waals surface area contributed by atoms with Crippen LogP contribution in [-0.2, 0) is 10.0 Å². The minimum atomic E-state index is -4.03. The van der Waals surface area contributed by atoms with Crippen molar-refractivity contribution in [2.75, 3.05) is 13.1 Å². The van der Waals surface area contributed by atoms with Gasteiger partial charge in [-0.25, -0.2) is 13.1 Å². The monoisotopic (exact) mass is 531 g/mol. The van der Waals surface area contributed by atoms with Crippen molar-refractivity contribution in [2.45, 2.75) is 35.6 Å². The van der Waals surface area contributed by atoms with E-state index in [4.69, 9.17) is 27.9 Å². The molecule has 182 valence electrons. The molecule has 0 saturated carbocycles. The van der Waals surface area contributed by atoms with E-state index >= 15 is 0 Å². The maximum atomic E-state index is 13.3. The summed E-state index contributed by atoms with van der Waals surface area (Å²) in [6.45, 7) is 0.856. The summed E-state index contributed by atoms with van der Waals surface area (Å²) in [6, 6.07) is 14.8. The Labute approximate surface area is 214 Å². The van der Waals surface area contributed by atoms with E-state index in [1.165, 1.54) is 18.2 Å². The predicted octanol–water partition coefficient (Wildman–Crippen LogP) is 4.54. The van der Waals surface area contributed by atoms with Gasteiger partial charge in [-0.05, 0) is 55.3 Å². The number of halogens is 2. The molecular weight excluding hydrogens is 509 g/mol. The highest BCUT2D eigenvalue weighted by Gasteiger charge is 2.29. The molecule has 2 aromatic carbocycles. The molecule has 2 aromatic rings. The number of nitriles is 1. The summed E-state index contributed by atoms with van der Waals surface area (Å²) in [4.78, 5) is 14.3. The maximum Gasteiger partial charge on any atom is 0.253 e. The molecule has 1 unspecified atom stereocenters. The predicted molar refractivity (Wildman–Crippen MR) is 134 cm³/mol. The average molecular weight is 532 g/mol. The second kappa shape index (κ2) is 10.8. The highest BCUT2D eigenvalue weighted by atomic mass is 35.5. The maximum absolute atomic E-state index is 13.3. The van der Waals surface area contributed by atoms with Crippen molar-refractivity contribution in [3.8, 4) is 11.8 Å². The van der Waals surface area contributed by atoms with Gasteiger partial charge >= 0.3 is 0 Å². The van der Waals surface area contributed by atoms with Gasteiger partial charge in [0.05, 0.1) is 17.0 Å². The zero-order valence-electron chi connectivity index (χ0n) is 18.7. The molecule has 35 heavy (non-hydrogen) atoms. The van der Waals surface area contributed by atoms with Gasteiger partial charge in [0.15, 0.2) is 0 Å². The van der Waals surface area contributed by atoms with Crippen molar-refractivity contribution < 1.29 is 17.9 Å². The normalized spacial score (nSPS) is 18.9. The summed E-state index contributed by atoms with van der Waals surface area (Å²) in [5, 5.41) is 9.34. The van der Waals surface area contributed by atoms with E-state index in [9.17, 15) is 18.5 Å². The van der Waals surface area contributed by atoms with E-state index in [0.29, 0.717) is 48.7 Å². The van der Waals surface area contributed by atoms with Crippen LogP contribution < -0.4 is 9.46 Å². The summed E-state index contributed by atoms with van der Waals surface area (Å²) < 4.78 is 35.3. The van der Waals surface area contributed by atoms with Crippen molar-refractivity contribution in [3.63, 3.8) is 0 Å². The van der Waals surface area contributed by atoms with E-state index in [-0.39, 0.29) is 33.5 Å². The van der Waals surface area contributed by atoms with Crippen LogP contribution >= 0.6 is 23.2 Å². The van der Waals surface area contributed by atoms with E-state index in [1.54, 1.807) is 29.2 Å². The number of piperidine rings is 1. The van der Waals surface area contributed by atoms with E-state index in [2.05, 4.69) is 4.72 Å². The van der Waals surface area contributed by atoms with Crippen LogP contribution in [0.3, 0.4) is 0 Å². The molecule has 1 saturated heterocycles. The molecule has 0 aromatic heterocycles. The molecular formula is C25H23Cl2N3O4S. The number of carbonyl (C=O) groups excluding carboxylic acids is 1. The molecule has 0 bridgehead atoms. The molecule has 10 heteroatoms. The SMILES string of the molecule is N#Cc1ccc(OC2=CC(Cl)=CC(Cl)C2)c(S(=O)(=O)NC2CCN(C(=O)c3ccccc3)CC2)c1. The second-order valence-corrected chi connectivity index (χ2v) is 11.0. The van der Waals surface area contributed by atoms with Crippen molar-refractivity contribution in [2.24, 2.45) is 0 Å². The number of alkyl halides is 1. The van der Waals surface area contributed by atoms with Gasteiger partial charge < -0.3 is 9.64 Å². The topological polar surface area (TPSA) is 99.5 Å². The summed E-state index contributed by atoms with van der Waals surface area (Å²) in [5.74, 6) is 0.427. The van der Waals surface area contributed by atoms with Crippen LogP contribution in [0.5, 0.6) is 5.75 Å². The number of rotatable bonds is 6. The number of hydrogen-bond acceptors (Lipinski definition) is 5. The fourth-order valence-electron chi connectivity index (χ4n) is 4.02. The molecule has 1 atom stereocenters. The Morgan fingerprint density at radius 3 is 2.51 bits per heavy atom. The van der Waals surface area contributed by atoms with Gasteiger partial charge in [0.2, 0.25) is 10.0 Å². The van der Waals surface area contributed by atoms with E-state index in [0.717, 1.165) is 0 Å². The van der Waals surface area contributed by atoms with Crippen LogP contribution in [0.25, 0.3) is 0 Å². The van der Waals surface area contributed by atoms with E-state index in [1.807, 2.05) is 24.3 Å². The van der Waals surface area contributed by atoms with Crippen LogP contribution in [-0.4, -0.2) is 43.7 Å². The Hall–Kier alpha value is -2.83. The van der Waals surface area contributed by atoms with Crippen molar-refractivity contribution in [1.82, 2.24) is 9.62 Å². The first-order valence-electron chi connectivity index (χ1n) is 11.1. The highest BCUT2D eigenvalue weighted by Crippen LogP contribution is 2.31. The Morgan fingerprint density at radius 1 is 1.14 bits per heavy atom.